The standard InChI is InChI=1S/C31H33FN2O4/c1-4-33(5-2)17-18-34-28(25-11-6-7-12-26(25)32)27(30(36)31(34)37)29(35)23-13-15-24(16-14-23)38-20-22-10-8-9-21(3)19-22/h6-16,19,28,35H,4-5,17-18,20H2,1-3H3. The first-order valence-electron chi connectivity index (χ1n) is 12.9. The van der Waals surface area contributed by atoms with Crippen LogP contribution in [0.2, 0.25) is 0 Å². The van der Waals surface area contributed by atoms with Gasteiger partial charge in [-0.3, -0.25) is 9.59 Å². The van der Waals surface area contributed by atoms with Crippen molar-refractivity contribution in [3.8, 4) is 5.75 Å². The third-order valence-electron chi connectivity index (χ3n) is 6.91. The number of ketones is 1. The molecule has 1 saturated heterocycles. The van der Waals surface area contributed by atoms with Gasteiger partial charge in [-0.25, -0.2) is 4.39 Å². The van der Waals surface area contributed by atoms with E-state index < -0.39 is 23.5 Å². The van der Waals surface area contributed by atoms with Crippen LogP contribution < -0.4 is 4.74 Å². The predicted octanol–water partition coefficient (Wildman–Crippen LogP) is 5.48. The summed E-state index contributed by atoms with van der Waals surface area (Å²) in [4.78, 5) is 29.8. The molecule has 3 aromatic rings. The van der Waals surface area contributed by atoms with E-state index in [4.69, 9.17) is 4.74 Å². The largest absolute Gasteiger partial charge is 0.507 e. The molecule has 1 aliphatic rings. The molecule has 4 rings (SSSR count). The zero-order chi connectivity index (χ0) is 27.2. The van der Waals surface area contributed by atoms with Crippen LogP contribution in [-0.4, -0.2) is 52.8 Å². The van der Waals surface area contributed by atoms with Gasteiger partial charge in [0.05, 0.1) is 11.6 Å². The number of Topliss-reactive ketones (excluding diaryl/α,β-unsaturated/α-hetero) is 1. The third-order valence-corrected chi connectivity index (χ3v) is 6.91. The molecule has 1 atom stereocenters. The van der Waals surface area contributed by atoms with Gasteiger partial charge in [-0.1, -0.05) is 61.9 Å². The van der Waals surface area contributed by atoms with Gasteiger partial charge >= 0.3 is 0 Å². The van der Waals surface area contributed by atoms with Gasteiger partial charge in [-0.15, -0.1) is 0 Å². The minimum absolute atomic E-state index is 0.118. The van der Waals surface area contributed by atoms with Crippen molar-refractivity contribution in [1.29, 1.82) is 0 Å². The number of likely N-dealkylation sites (N-methyl/N-ethyl adjacent to an activating group) is 1. The van der Waals surface area contributed by atoms with Gasteiger partial charge in [0.25, 0.3) is 11.7 Å². The fraction of sp³-hybridized carbons (Fsp3) is 0.290. The molecule has 38 heavy (non-hydrogen) atoms. The fourth-order valence-corrected chi connectivity index (χ4v) is 4.75. The van der Waals surface area contributed by atoms with E-state index in [1.54, 1.807) is 42.5 Å². The molecule has 1 heterocycles. The van der Waals surface area contributed by atoms with E-state index in [9.17, 15) is 19.1 Å². The molecular weight excluding hydrogens is 483 g/mol. The number of carbonyl (C=O) groups is 2. The number of nitrogens with zero attached hydrogens (tertiary/aromatic N) is 2. The van der Waals surface area contributed by atoms with E-state index in [0.29, 0.717) is 24.5 Å². The lowest BCUT2D eigenvalue weighted by atomic mass is 9.95. The van der Waals surface area contributed by atoms with Gasteiger partial charge in [0.2, 0.25) is 0 Å². The Morgan fingerprint density at radius 3 is 2.37 bits per heavy atom. The first kappa shape index (κ1) is 27.1. The molecule has 1 unspecified atom stereocenters. The summed E-state index contributed by atoms with van der Waals surface area (Å²) in [5, 5.41) is 11.3. The van der Waals surface area contributed by atoms with Crippen LogP contribution in [-0.2, 0) is 16.2 Å². The predicted molar refractivity (Wildman–Crippen MR) is 145 cm³/mol. The molecule has 0 spiro atoms. The van der Waals surface area contributed by atoms with E-state index in [-0.39, 0.29) is 23.4 Å². The monoisotopic (exact) mass is 516 g/mol. The number of aryl methyl sites for hydroxylation is 1. The van der Waals surface area contributed by atoms with Gasteiger partial charge in [0.1, 0.15) is 23.9 Å². The molecule has 0 radical (unpaired) electrons. The molecule has 1 N–H and O–H groups in total. The Hall–Kier alpha value is -3.97. The van der Waals surface area contributed by atoms with E-state index >= 15 is 0 Å². The molecule has 1 aliphatic heterocycles. The number of aliphatic hydroxyl groups excluding tert-OH is 1. The highest BCUT2D eigenvalue weighted by atomic mass is 19.1. The summed E-state index contributed by atoms with van der Waals surface area (Å²) in [5.41, 5.74) is 2.57. The summed E-state index contributed by atoms with van der Waals surface area (Å²) in [6.07, 6.45) is 0. The second-order valence-corrected chi connectivity index (χ2v) is 9.34. The van der Waals surface area contributed by atoms with Gasteiger partial charge in [-0.05, 0) is 55.9 Å². The Balaban J connectivity index is 1.65. The lowest BCUT2D eigenvalue weighted by Crippen LogP contribution is -2.38. The molecule has 0 aliphatic carbocycles. The number of halogens is 1. The molecule has 7 heteroatoms. The number of benzene rings is 3. The van der Waals surface area contributed by atoms with Crippen molar-refractivity contribution in [2.75, 3.05) is 26.2 Å². The summed E-state index contributed by atoms with van der Waals surface area (Å²) < 4.78 is 20.8. The first-order valence-corrected chi connectivity index (χ1v) is 12.9. The number of rotatable bonds is 10. The van der Waals surface area contributed by atoms with Crippen LogP contribution in [0.5, 0.6) is 5.75 Å². The van der Waals surface area contributed by atoms with Crippen molar-refractivity contribution in [3.05, 3.63) is 106 Å². The minimum Gasteiger partial charge on any atom is -0.507 e. The molecule has 6 nitrogen and oxygen atoms in total. The van der Waals surface area contributed by atoms with Gasteiger partial charge in [0.15, 0.2) is 0 Å². The third kappa shape index (κ3) is 5.78. The topological polar surface area (TPSA) is 70.1 Å². The van der Waals surface area contributed by atoms with Crippen LogP contribution in [0.1, 0.15) is 42.1 Å². The van der Waals surface area contributed by atoms with Crippen LogP contribution in [0.25, 0.3) is 5.76 Å². The number of amides is 1. The lowest BCUT2D eigenvalue weighted by molar-refractivity contribution is -0.140. The lowest BCUT2D eigenvalue weighted by Gasteiger charge is -2.28. The van der Waals surface area contributed by atoms with Crippen LogP contribution in [0.4, 0.5) is 4.39 Å². The van der Waals surface area contributed by atoms with Crippen molar-refractivity contribution in [2.45, 2.75) is 33.4 Å². The summed E-state index contributed by atoms with van der Waals surface area (Å²) in [6, 6.07) is 19.7. The second-order valence-electron chi connectivity index (χ2n) is 9.34. The molecule has 1 fully saturated rings. The van der Waals surface area contributed by atoms with Crippen LogP contribution in [0.3, 0.4) is 0 Å². The Morgan fingerprint density at radius 2 is 1.71 bits per heavy atom. The number of ether oxygens (including phenoxy) is 1. The van der Waals surface area contributed by atoms with E-state index in [0.717, 1.165) is 24.2 Å². The van der Waals surface area contributed by atoms with E-state index in [2.05, 4.69) is 4.90 Å². The zero-order valence-electron chi connectivity index (χ0n) is 22.0. The zero-order valence-corrected chi connectivity index (χ0v) is 22.0. The highest BCUT2D eigenvalue weighted by Crippen LogP contribution is 2.40. The summed E-state index contributed by atoms with van der Waals surface area (Å²) in [7, 11) is 0. The van der Waals surface area contributed by atoms with Gasteiger partial charge in [0, 0.05) is 24.2 Å². The Morgan fingerprint density at radius 1 is 1.00 bits per heavy atom. The normalized spacial score (nSPS) is 16.9. The molecule has 0 saturated carbocycles. The molecule has 0 aromatic heterocycles. The summed E-state index contributed by atoms with van der Waals surface area (Å²) in [5.74, 6) is -1.86. The number of aliphatic hydroxyl groups is 1. The van der Waals surface area contributed by atoms with Crippen molar-refractivity contribution < 1.29 is 23.8 Å². The maximum atomic E-state index is 15.0. The number of hydrogen-bond acceptors (Lipinski definition) is 5. The first-order chi connectivity index (χ1) is 18.3. The maximum absolute atomic E-state index is 15.0. The van der Waals surface area contributed by atoms with Crippen molar-refractivity contribution >= 4 is 17.4 Å². The van der Waals surface area contributed by atoms with Gasteiger partial charge < -0.3 is 19.6 Å². The summed E-state index contributed by atoms with van der Waals surface area (Å²) >= 11 is 0. The molecule has 3 aromatic carbocycles. The highest BCUT2D eigenvalue weighted by molar-refractivity contribution is 6.46. The van der Waals surface area contributed by atoms with Crippen molar-refractivity contribution in [2.24, 2.45) is 0 Å². The average Bonchev–Trinajstić information content (AvgIpc) is 3.17. The Kier molecular flexibility index (Phi) is 8.59. The van der Waals surface area contributed by atoms with E-state index in [1.807, 2.05) is 45.0 Å². The minimum atomic E-state index is -1.02. The maximum Gasteiger partial charge on any atom is 0.295 e. The number of carbonyl (C=O) groups excluding carboxylic acids is 2. The molecule has 1 amide bonds. The Labute approximate surface area is 223 Å². The fourth-order valence-electron chi connectivity index (χ4n) is 4.75. The van der Waals surface area contributed by atoms with E-state index in [1.165, 1.54) is 11.0 Å². The second kappa shape index (κ2) is 12.0. The quantitative estimate of drug-likeness (QED) is 0.220. The SMILES string of the molecule is CCN(CC)CCN1C(=O)C(=O)C(=C(O)c2ccc(OCc3cccc(C)c3)cc2)C1c1ccccc1F. The van der Waals surface area contributed by atoms with Crippen molar-refractivity contribution in [3.63, 3.8) is 0 Å². The van der Waals surface area contributed by atoms with Gasteiger partial charge in [-0.2, -0.15) is 0 Å². The average molecular weight is 517 g/mol. The molecule has 0 bridgehead atoms. The highest BCUT2D eigenvalue weighted by Gasteiger charge is 2.46. The molecular formula is C31H33FN2O4. The Bertz CT molecular complexity index is 1330. The van der Waals surface area contributed by atoms with Crippen LogP contribution in [0.15, 0.2) is 78.4 Å². The number of likely N-dealkylation sites (tertiary alicyclic amines) is 1. The number of hydrogen-bond donors (Lipinski definition) is 1. The van der Waals surface area contributed by atoms with Crippen LogP contribution in [0, 0.1) is 12.7 Å². The van der Waals surface area contributed by atoms with Crippen LogP contribution >= 0.6 is 0 Å². The smallest absolute Gasteiger partial charge is 0.295 e. The van der Waals surface area contributed by atoms with Crippen molar-refractivity contribution in [1.82, 2.24) is 9.80 Å². The molecule has 198 valence electrons. The summed E-state index contributed by atoms with van der Waals surface area (Å²) in [6.45, 7) is 8.75.